The van der Waals surface area contributed by atoms with Gasteiger partial charge in [-0.1, -0.05) is 0 Å². The van der Waals surface area contributed by atoms with Crippen molar-refractivity contribution >= 4 is 0 Å². The Labute approximate surface area is 90.0 Å². The van der Waals surface area contributed by atoms with E-state index in [0.29, 0.717) is 25.9 Å². The van der Waals surface area contributed by atoms with E-state index >= 15 is 0 Å². The van der Waals surface area contributed by atoms with Gasteiger partial charge in [-0.25, -0.2) is 0 Å². The van der Waals surface area contributed by atoms with E-state index in [1.54, 1.807) is 0 Å². The van der Waals surface area contributed by atoms with Crippen LogP contribution in [0.15, 0.2) is 0 Å². The number of likely N-dealkylation sites (tertiary alicyclic amines) is 1. The van der Waals surface area contributed by atoms with Gasteiger partial charge in [-0.15, -0.1) is 0 Å². The zero-order valence-corrected chi connectivity index (χ0v) is 8.60. The lowest BCUT2D eigenvalue weighted by atomic mass is 10.1. The summed E-state index contributed by atoms with van der Waals surface area (Å²) in [5.74, 6) is -4.62. The summed E-state index contributed by atoms with van der Waals surface area (Å²) in [5, 5.41) is 9.13. The van der Waals surface area contributed by atoms with Gasteiger partial charge in [-0.2, -0.15) is 22.0 Å². The summed E-state index contributed by atoms with van der Waals surface area (Å²) in [6.45, 7) is 0.448. The van der Waals surface area contributed by atoms with Gasteiger partial charge in [0, 0.05) is 26.1 Å². The first-order chi connectivity index (χ1) is 7.22. The molecule has 1 aliphatic rings. The zero-order chi connectivity index (χ0) is 12.4. The third kappa shape index (κ3) is 3.55. The highest BCUT2D eigenvalue weighted by molar-refractivity contribution is 4.79. The minimum absolute atomic E-state index is 0.292. The van der Waals surface area contributed by atoms with Gasteiger partial charge in [0.25, 0.3) is 0 Å². The topological polar surface area (TPSA) is 23.5 Å². The van der Waals surface area contributed by atoms with Crippen molar-refractivity contribution in [2.24, 2.45) is 0 Å². The van der Waals surface area contributed by atoms with E-state index in [9.17, 15) is 22.0 Å². The first kappa shape index (κ1) is 13.6. The first-order valence-corrected chi connectivity index (χ1v) is 5.07. The van der Waals surface area contributed by atoms with Crippen LogP contribution in [-0.4, -0.2) is 47.8 Å². The third-order valence-corrected chi connectivity index (χ3v) is 2.71. The average molecular weight is 247 g/mol. The largest absolute Gasteiger partial charge is 0.453 e. The summed E-state index contributed by atoms with van der Waals surface area (Å²) in [7, 11) is 0. The summed E-state index contributed by atoms with van der Waals surface area (Å²) in [6.07, 6.45) is -6.29. The molecule has 0 aliphatic carbocycles. The van der Waals surface area contributed by atoms with Crippen molar-refractivity contribution < 1.29 is 27.1 Å². The Bertz CT molecular complexity index is 222. The Morgan fingerprint density at radius 3 is 2.00 bits per heavy atom. The average Bonchev–Trinajstić information content (AvgIpc) is 2.15. The standard InChI is InChI=1S/C9H14F5NO/c10-8(11,9(12,13)14)3-6-15-4-1-7(16)2-5-15/h7,16H,1-6H2. The Morgan fingerprint density at radius 1 is 1.06 bits per heavy atom. The summed E-state index contributed by atoms with van der Waals surface area (Å²) in [4.78, 5) is 1.52. The zero-order valence-electron chi connectivity index (χ0n) is 8.60. The second kappa shape index (κ2) is 4.83. The van der Waals surface area contributed by atoms with Crippen LogP contribution in [0.1, 0.15) is 19.3 Å². The number of piperidine rings is 1. The van der Waals surface area contributed by atoms with Crippen LogP contribution in [0.3, 0.4) is 0 Å². The van der Waals surface area contributed by atoms with Crippen molar-refractivity contribution in [3.8, 4) is 0 Å². The molecule has 0 atom stereocenters. The van der Waals surface area contributed by atoms with E-state index in [-0.39, 0.29) is 6.54 Å². The normalized spacial score (nSPS) is 21.4. The predicted molar refractivity (Wildman–Crippen MR) is 47.3 cm³/mol. The quantitative estimate of drug-likeness (QED) is 0.771. The molecule has 0 aromatic rings. The first-order valence-electron chi connectivity index (χ1n) is 5.07. The van der Waals surface area contributed by atoms with E-state index in [4.69, 9.17) is 5.11 Å². The lowest BCUT2D eigenvalue weighted by Gasteiger charge is -2.30. The fourth-order valence-corrected chi connectivity index (χ4v) is 1.58. The Hall–Kier alpha value is -0.430. The molecular weight excluding hydrogens is 233 g/mol. The number of hydrogen-bond donors (Lipinski definition) is 1. The van der Waals surface area contributed by atoms with E-state index in [1.165, 1.54) is 4.90 Å². The molecule has 1 aliphatic heterocycles. The fourth-order valence-electron chi connectivity index (χ4n) is 1.58. The highest BCUT2D eigenvalue weighted by Crippen LogP contribution is 2.38. The third-order valence-electron chi connectivity index (χ3n) is 2.71. The molecule has 96 valence electrons. The number of hydrogen-bond acceptors (Lipinski definition) is 2. The van der Waals surface area contributed by atoms with Gasteiger partial charge in [0.15, 0.2) is 0 Å². The van der Waals surface area contributed by atoms with Gasteiger partial charge < -0.3 is 10.0 Å². The van der Waals surface area contributed by atoms with Crippen LogP contribution in [0.2, 0.25) is 0 Å². The van der Waals surface area contributed by atoms with E-state index in [1.807, 2.05) is 0 Å². The molecule has 2 nitrogen and oxygen atoms in total. The molecule has 0 saturated carbocycles. The highest BCUT2D eigenvalue weighted by atomic mass is 19.4. The molecule has 0 bridgehead atoms. The van der Waals surface area contributed by atoms with E-state index in [0.717, 1.165) is 0 Å². The molecule has 0 amide bonds. The van der Waals surface area contributed by atoms with Crippen molar-refractivity contribution in [3.05, 3.63) is 0 Å². The molecular formula is C9H14F5NO. The van der Waals surface area contributed by atoms with Gasteiger partial charge in [-0.05, 0) is 12.8 Å². The second-order valence-electron chi connectivity index (χ2n) is 4.03. The van der Waals surface area contributed by atoms with Crippen molar-refractivity contribution in [2.75, 3.05) is 19.6 Å². The summed E-state index contributed by atoms with van der Waals surface area (Å²) < 4.78 is 60.6. The van der Waals surface area contributed by atoms with Crippen LogP contribution in [-0.2, 0) is 0 Å². The number of nitrogens with zero attached hydrogens (tertiary/aromatic N) is 1. The SMILES string of the molecule is OC1CCN(CCC(F)(F)C(F)(F)F)CC1. The van der Waals surface area contributed by atoms with Crippen LogP contribution in [0.4, 0.5) is 22.0 Å². The predicted octanol–water partition coefficient (Wildman–Crippen LogP) is 2.03. The maximum Gasteiger partial charge on any atom is 0.453 e. The smallest absolute Gasteiger partial charge is 0.393 e. The van der Waals surface area contributed by atoms with Crippen LogP contribution >= 0.6 is 0 Å². The number of aliphatic hydroxyl groups excluding tert-OH is 1. The number of halogens is 5. The van der Waals surface area contributed by atoms with Gasteiger partial charge in [0.2, 0.25) is 0 Å². The maximum absolute atomic E-state index is 12.6. The molecule has 1 rings (SSSR count). The Kier molecular flexibility index (Phi) is 4.12. The van der Waals surface area contributed by atoms with Crippen molar-refractivity contribution in [1.82, 2.24) is 4.90 Å². The minimum Gasteiger partial charge on any atom is -0.393 e. The van der Waals surface area contributed by atoms with Crippen LogP contribution in [0.25, 0.3) is 0 Å². The molecule has 0 unspecified atom stereocenters. The Morgan fingerprint density at radius 2 is 1.56 bits per heavy atom. The van der Waals surface area contributed by atoms with Crippen molar-refractivity contribution in [3.63, 3.8) is 0 Å². The van der Waals surface area contributed by atoms with Gasteiger partial charge in [0.05, 0.1) is 6.10 Å². The van der Waals surface area contributed by atoms with E-state index < -0.39 is 24.6 Å². The molecule has 1 saturated heterocycles. The monoisotopic (exact) mass is 247 g/mol. The fraction of sp³-hybridized carbons (Fsp3) is 1.00. The molecule has 0 aromatic heterocycles. The van der Waals surface area contributed by atoms with E-state index in [2.05, 4.69) is 0 Å². The summed E-state index contributed by atoms with van der Waals surface area (Å²) in [6, 6.07) is 0. The summed E-state index contributed by atoms with van der Waals surface area (Å²) >= 11 is 0. The lowest BCUT2D eigenvalue weighted by Crippen LogP contribution is -2.42. The number of alkyl halides is 5. The number of aliphatic hydroxyl groups is 1. The molecule has 16 heavy (non-hydrogen) atoms. The van der Waals surface area contributed by atoms with Gasteiger partial charge >= 0.3 is 12.1 Å². The van der Waals surface area contributed by atoms with Crippen LogP contribution < -0.4 is 0 Å². The van der Waals surface area contributed by atoms with Gasteiger partial charge in [0.1, 0.15) is 0 Å². The van der Waals surface area contributed by atoms with Crippen molar-refractivity contribution in [1.29, 1.82) is 0 Å². The van der Waals surface area contributed by atoms with Crippen LogP contribution in [0.5, 0.6) is 0 Å². The molecule has 1 fully saturated rings. The highest BCUT2D eigenvalue weighted by Gasteiger charge is 2.56. The molecule has 1 heterocycles. The van der Waals surface area contributed by atoms with Crippen LogP contribution in [0, 0.1) is 0 Å². The summed E-state index contributed by atoms with van der Waals surface area (Å²) in [5.41, 5.74) is 0. The molecule has 0 spiro atoms. The minimum atomic E-state index is -5.47. The second-order valence-corrected chi connectivity index (χ2v) is 4.03. The Balaban J connectivity index is 2.34. The molecule has 0 radical (unpaired) electrons. The number of rotatable bonds is 3. The van der Waals surface area contributed by atoms with Crippen molar-refractivity contribution in [2.45, 2.75) is 37.5 Å². The maximum atomic E-state index is 12.6. The molecule has 0 aromatic carbocycles. The molecule has 7 heteroatoms. The molecule has 1 N–H and O–H groups in total. The van der Waals surface area contributed by atoms with Gasteiger partial charge in [-0.3, -0.25) is 0 Å². The lowest BCUT2D eigenvalue weighted by molar-refractivity contribution is -0.285.